The van der Waals surface area contributed by atoms with Crippen molar-refractivity contribution in [2.45, 2.75) is 6.42 Å². The van der Waals surface area contributed by atoms with Gasteiger partial charge in [0.25, 0.3) is 5.91 Å². The second-order valence-electron chi connectivity index (χ2n) is 4.03. The van der Waals surface area contributed by atoms with Gasteiger partial charge in [0.05, 0.1) is 5.56 Å². The van der Waals surface area contributed by atoms with Crippen molar-refractivity contribution in [1.82, 2.24) is 20.5 Å². The molecule has 6 heteroatoms. The molecule has 1 aromatic heterocycles. The minimum atomic E-state index is -0.177. The highest BCUT2D eigenvalue weighted by Crippen LogP contribution is 2.17. The van der Waals surface area contributed by atoms with Gasteiger partial charge < -0.3 is 10.1 Å². The maximum absolute atomic E-state index is 12.1. The number of H-pyrrole nitrogens is 1. The molecule has 2 N–H and O–H groups in total. The Hall–Kier alpha value is -2.63. The molecule has 0 fully saturated rings. The normalized spacial score (nSPS) is 10.0. The van der Waals surface area contributed by atoms with Crippen LogP contribution in [0, 0.1) is 0 Å². The minimum absolute atomic E-state index is 0.177. The zero-order valence-electron chi connectivity index (χ0n) is 11.0. The van der Waals surface area contributed by atoms with E-state index >= 15 is 0 Å². The summed E-state index contributed by atoms with van der Waals surface area (Å²) in [5.41, 5.74) is 0.506. The van der Waals surface area contributed by atoms with Crippen molar-refractivity contribution in [2.75, 3.05) is 13.2 Å². The van der Waals surface area contributed by atoms with Crippen molar-refractivity contribution in [1.29, 1.82) is 0 Å². The number of nitrogens with one attached hydrogen (secondary N) is 2. The first-order valence-corrected chi connectivity index (χ1v) is 6.26. The molecule has 0 spiro atoms. The first kappa shape index (κ1) is 13.8. The highest BCUT2D eigenvalue weighted by atomic mass is 16.5. The number of aromatic amines is 1. The molecule has 1 heterocycles. The van der Waals surface area contributed by atoms with Crippen LogP contribution in [0.15, 0.2) is 43.2 Å². The molecule has 0 unspecified atom stereocenters. The van der Waals surface area contributed by atoms with Gasteiger partial charge >= 0.3 is 0 Å². The van der Waals surface area contributed by atoms with E-state index in [1.807, 2.05) is 6.07 Å². The second-order valence-corrected chi connectivity index (χ2v) is 4.03. The summed E-state index contributed by atoms with van der Waals surface area (Å²) in [7, 11) is 0. The number of benzene rings is 1. The number of amides is 1. The molecule has 1 amide bonds. The molecular formula is C14H16N4O2. The van der Waals surface area contributed by atoms with Crippen LogP contribution in [0.4, 0.5) is 0 Å². The summed E-state index contributed by atoms with van der Waals surface area (Å²) in [6, 6.07) is 7.10. The van der Waals surface area contributed by atoms with E-state index in [2.05, 4.69) is 27.1 Å². The van der Waals surface area contributed by atoms with Crippen LogP contribution in [-0.2, 0) is 6.42 Å². The molecule has 0 radical (unpaired) electrons. The van der Waals surface area contributed by atoms with Crippen molar-refractivity contribution in [3.8, 4) is 5.75 Å². The Labute approximate surface area is 116 Å². The summed E-state index contributed by atoms with van der Waals surface area (Å²) in [4.78, 5) is 16.1. The summed E-state index contributed by atoms with van der Waals surface area (Å²) in [6.45, 7) is 4.43. The summed E-state index contributed by atoms with van der Waals surface area (Å²) < 4.78 is 5.45. The van der Waals surface area contributed by atoms with Crippen molar-refractivity contribution in [3.05, 3.63) is 54.6 Å². The number of carbonyl (C=O) groups is 1. The summed E-state index contributed by atoms with van der Waals surface area (Å²) in [5.74, 6) is 1.11. The van der Waals surface area contributed by atoms with E-state index in [0.29, 0.717) is 30.9 Å². The third-order valence-electron chi connectivity index (χ3n) is 2.60. The number of ether oxygens (including phenoxy) is 1. The van der Waals surface area contributed by atoms with Crippen LogP contribution >= 0.6 is 0 Å². The Balaban J connectivity index is 1.92. The van der Waals surface area contributed by atoms with E-state index in [1.165, 1.54) is 6.33 Å². The molecule has 2 aromatic rings. The number of rotatable bonds is 7. The molecule has 0 bridgehead atoms. The van der Waals surface area contributed by atoms with Crippen LogP contribution in [0.3, 0.4) is 0 Å². The minimum Gasteiger partial charge on any atom is -0.489 e. The Morgan fingerprint density at radius 3 is 3.05 bits per heavy atom. The van der Waals surface area contributed by atoms with Crippen LogP contribution in [0.2, 0.25) is 0 Å². The molecule has 1 aromatic carbocycles. The van der Waals surface area contributed by atoms with Gasteiger partial charge in [-0.2, -0.15) is 5.10 Å². The number of aromatic nitrogens is 3. The zero-order chi connectivity index (χ0) is 14.2. The van der Waals surface area contributed by atoms with Gasteiger partial charge in [0.2, 0.25) is 0 Å². The zero-order valence-corrected chi connectivity index (χ0v) is 11.0. The van der Waals surface area contributed by atoms with Gasteiger partial charge in [0.1, 0.15) is 24.5 Å². The molecule has 0 atom stereocenters. The lowest BCUT2D eigenvalue weighted by Crippen LogP contribution is -2.26. The Kier molecular flexibility index (Phi) is 4.88. The third kappa shape index (κ3) is 3.68. The summed E-state index contributed by atoms with van der Waals surface area (Å²) >= 11 is 0. The Morgan fingerprint density at radius 1 is 1.45 bits per heavy atom. The monoisotopic (exact) mass is 272 g/mol. The quantitative estimate of drug-likeness (QED) is 0.745. The van der Waals surface area contributed by atoms with Crippen LogP contribution < -0.4 is 10.1 Å². The molecule has 20 heavy (non-hydrogen) atoms. The molecular weight excluding hydrogens is 256 g/mol. The standard InChI is InChI=1S/C14H16N4O2/c1-2-9-20-12-6-4-3-5-11(12)14(19)15-8-7-13-16-10-17-18-13/h2-6,10H,1,7-9H2,(H,15,19)(H,16,17,18). The van der Waals surface area contributed by atoms with E-state index < -0.39 is 0 Å². The average molecular weight is 272 g/mol. The van der Waals surface area contributed by atoms with Gasteiger partial charge in [-0.1, -0.05) is 24.8 Å². The largest absolute Gasteiger partial charge is 0.489 e. The van der Waals surface area contributed by atoms with Crippen molar-refractivity contribution in [2.24, 2.45) is 0 Å². The van der Waals surface area contributed by atoms with Gasteiger partial charge in [-0.3, -0.25) is 9.89 Å². The van der Waals surface area contributed by atoms with Gasteiger partial charge in [-0.05, 0) is 12.1 Å². The SMILES string of the molecule is C=CCOc1ccccc1C(=O)NCCc1ncn[nH]1. The first-order chi connectivity index (χ1) is 9.81. The predicted octanol–water partition coefficient (Wildman–Crippen LogP) is 1.34. The van der Waals surface area contributed by atoms with Gasteiger partial charge in [0, 0.05) is 13.0 Å². The topological polar surface area (TPSA) is 79.9 Å². The van der Waals surface area contributed by atoms with Crippen LogP contribution in [-0.4, -0.2) is 34.2 Å². The van der Waals surface area contributed by atoms with Crippen LogP contribution in [0.1, 0.15) is 16.2 Å². The highest BCUT2D eigenvalue weighted by molar-refractivity contribution is 5.96. The van der Waals surface area contributed by atoms with E-state index in [9.17, 15) is 4.79 Å². The lowest BCUT2D eigenvalue weighted by Gasteiger charge is -2.10. The first-order valence-electron chi connectivity index (χ1n) is 6.26. The molecule has 0 aliphatic rings. The molecule has 6 nitrogen and oxygen atoms in total. The van der Waals surface area contributed by atoms with Crippen molar-refractivity contribution < 1.29 is 9.53 Å². The maximum atomic E-state index is 12.1. The molecule has 0 aliphatic heterocycles. The molecule has 104 valence electrons. The Morgan fingerprint density at radius 2 is 2.30 bits per heavy atom. The van der Waals surface area contributed by atoms with Gasteiger partial charge in [-0.25, -0.2) is 4.98 Å². The van der Waals surface area contributed by atoms with E-state index in [1.54, 1.807) is 24.3 Å². The van der Waals surface area contributed by atoms with Crippen molar-refractivity contribution in [3.63, 3.8) is 0 Å². The highest BCUT2D eigenvalue weighted by Gasteiger charge is 2.11. The number of para-hydroxylation sites is 1. The smallest absolute Gasteiger partial charge is 0.255 e. The van der Waals surface area contributed by atoms with Gasteiger partial charge in [0.15, 0.2) is 0 Å². The fraction of sp³-hybridized carbons (Fsp3) is 0.214. The third-order valence-corrected chi connectivity index (χ3v) is 2.60. The maximum Gasteiger partial charge on any atom is 0.255 e. The summed E-state index contributed by atoms with van der Waals surface area (Å²) in [6.07, 6.45) is 3.68. The number of carbonyl (C=O) groups excluding carboxylic acids is 1. The van der Waals surface area contributed by atoms with Crippen molar-refractivity contribution >= 4 is 5.91 Å². The van der Waals surface area contributed by atoms with E-state index in [0.717, 1.165) is 5.82 Å². The number of hydrogen-bond acceptors (Lipinski definition) is 4. The molecule has 0 aliphatic carbocycles. The number of hydrogen-bond donors (Lipinski definition) is 2. The van der Waals surface area contributed by atoms with E-state index in [-0.39, 0.29) is 5.91 Å². The lowest BCUT2D eigenvalue weighted by molar-refractivity contribution is 0.0950. The molecule has 0 saturated carbocycles. The molecule has 2 rings (SSSR count). The van der Waals surface area contributed by atoms with Crippen LogP contribution in [0.25, 0.3) is 0 Å². The fourth-order valence-corrected chi connectivity index (χ4v) is 1.67. The Bertz CT molecular complexity index is 566. The van der Waals surface area contributed by atoms with Gasteiger partial charge in [-0.15, -0.1) is 0 Å². The molecule has 0 saturated heterocycles. The van der Waals surface area contributed by atoms with Crippen LogP contribution in [0.5, 0.6) is 5.75 Å². The second kappa shape index (κ2) is 7.08. The lowest BCUT2D eigenvalue weighted by atomic mass is 10.2. The average Bonchev–Trinajstić information content (AvgIpc) is 2.98. The fourth-order valence-electron chi connectivity index (χ4n) is 1.67. The number of nitrogens with zero attached hydrogens (tertiary/aromatic N) is 2. The summed E-state index contributed by atoms with van der Waals surface area (Å²) in [5, 5.41) is 9.31. The predicted molar refractivity (Wildman–Crippen MR) is 74.6 cm³/mol. The van der Waals surface area contributed by atoms with E-state index in [4.69, 9.17) is 4.74 Å².